The SMILES string of the molecule is C=C1c2cc(OC)c(OC)cc2CCN1C(=O)c1cccs1. The van der Waals surface area contributed by atoms with Crippen LogP contribution < -0.4 is 9.47 Å². The monoisotopic (exact) mass is 315 g/mol. The Morgan fingerprint density at radius 2 is 2.00 bits per heavy atom. The molecule has 0 spiro atoms. The fourth-order valence-electron chi connectivity index (χ4n) is 2.67. The molecule has 1 aliphatic heterocycles. The first-order chi connectivity index (χ1) is 10.7. The van der Waals surface area contributed by atoms with Crippen molar-refractivity contribution >= 4 is 22.9 Å². The van der Waals surface area contributed by atoms with E-state index in [0.717, 1.165) is 22.4 Å². The van der Waals surface area contributed by atoms with Gasteiger partial charge in [0, 0.05) is 17.8 Å². The molecule has 0 radical (unpaired) electrons. The maximum atomic E-state index is 12.6. The number of ether oxygens (including phenoxy) is 2. The van der Waals surface area contributed by atoms with E-state index < -0.39 is 0 Å². The minimum atomic E-state index is 0.000403. The van der Waals surface area contributed by atoms with Gasteiger partial charge in [-0.25, -0.2) is 0 Å². The van der Waals surface area contributed by atoms with Crippen LogP contribution in [-0.2, 0) is 6.42 Å². The van der Waals surface area contributed by atoms with Crippen molar-refractivity contribution in [1.29, 1.82) is 0 Å². The number of thiophene rings is 1. The summed E-state index contributed by atoms with van der Waals surface area (Å²) in [5.41, 5.74) is 2.77. The van der Waals surface area contributed by atoms with E-state index in [1.54, 1.807) is 19.1 Å². The second-order valence-electron chi connectivity index (χ2n) is 5.00. The summed E-state index contributed by atoms with van der Waals surface area (Å²) in [5.74, 6) is 1.35. The van der Waals surface area contributed by atoms with Gasteiger partial charge < -0.3 is 14.4 Å². The Bertz CT molecular complexity index is 722. The second kappa shape index (κ2) is 5.85. The Labute approximate surface area is 133 Å². The van der Waals surface area contributed by atoms with E-state index in [2.05, 4.69) is 6.58 Å². The van der Waals surface area contributed by atoms with Crippen LogP contribution >= 0.6 is 11.3 Å². The number of methoxy groups -OCH3 is 2. The van der Waals surface area contributed by atoms with Crippen molar-refractivity contribution in [3.05, 3.63) is 52.2 Å². The van der Waals surface area contributed by atoms with Gasteiger partial charge in [-0.3, -0.25) is 4.79 Å². The second-order valence-corrected chi connectivity index (χ2v) is 5.94. The van der Waals surface area contributed by atoms with Gasteiger partial charge in [-0.2, -0.15) is 0 Å². The van der Waals surface area contributed by atoms with E-state index in [4.69, 9.17) is 9.47 Å². The van der Waals surface area contributed by atoms with E-state index >= 15 is 0 Å². The number of rotatable bonds is 3. The summed E-state index contributed by atoms with van der Waals surface area (Å²) in [7, 11) is 3.22. The molecule has 0 saturated heterocycles. The summed E-state index contributed by atoms with van der Waals surface area (Å²) in [4.78, 5) is 15.0. The number of fused-ring (bicyclic) bond motifs is 1. The van der Waals surface area contributed by atoms with Crippen molar-refractivity contribution < 1.29 is 14.3 Å². The fraction of sp³-hybridized carbons (Fsp3) is 0.235. The molecule has 3 rings (SSSR count). The molecule has 5 heteroatoms. The summed E-state index contributed by atoms with van der Waals surface area (Å²) < 4.78 is 10.7. The highest BCUT2D eigenvalue weighted by Gasteiger charge is 2.27. The van der Waals surface area contributed by atoms with Crippen molar-refractivity contribution in [2.75, 3.05) is 20.8 Å². The Kier molecular flexibility index (Phi) is 3.90. The summed E-state index contributed by atoms with van der Waals surface area (Å²) >= 11 is 1.44. The molecule has 0 fully saturated rings. The largest absolute Gasteiger partial charge is 0.493 e. The maximum Gasteiger partial charge on any atom is 0.268 e. The van der Waals surface area contributed by atoms with Crippen LogP contribution in [0.2, 0.25) is 0 Å². The normalized spacial score (nSPS) is 13.7. The van der Waals surface area contributed by atoms with Crippen molar-refractivity contribution in [2.24, 2.45) is 0 Å². The first-order valence-corrected chi connectivity index (χ1v) is 7.83. The maximum absolute atomic E-state index is 12.6. The summed E-state index contributed by atoms with van der Waals surface area (Å²) in [6, 6.07) is 7.58. The Hall–Kier alpha value is -2.27. The van der Waals surface area contributed by atoms with Gasteiger partial charge in [0.2, 0.25) is 0 Å². The molecule has 2 heterocycles. The third-order valence-electron chi connectivity index (χ3n) is 3.83. The van der Waals surface area contributed by atoms with Crippen LogP contribution in [0.5, 0.6) is 11.5 Å². The molecule has 1 amide bonds. The van der Waals surface area contributed by atoms with Crippen LogP contribution in [0.4, 0.5) is 0 Å². The van der Waals surface area contributed by atoms with E-state index in [1.165, 1.54) is 11.3 Å². The first-order valence-electron chi connectivity index (χ1n) is 6.95. The third kappa shape index (κ3) is 2.37. The highest BCUT2D eigenvalue weighted by atomic mass is 32.1. The van der Waals surface area contributed by atoms with Gasteiger partial charge >= 0.3 is 0 Å². The molecule has 1 aromatic carbocycles. The van der Waals surface area contributed by atoms with Crippen molar-refractivity contribution in [2.45, 2.75) is 6.42 Å². The van der Waals surface area contributed by atoms with Gasteiger partial charge in [0.05, 0.1) is 19.1 Å². The molecule has 0 aliphatic carbocycles. The summed E-state index contributed by atoms with van der Waals surface area (Å²) in [5, 5.41) is 1.90. The van der Waals surface area contributed by atoms with Crippen molar-refractivity contribution in [1.82, 2.24) is 4.90 Å². The molecule has 114 valence electrons. The Morgan fingerprint density at radius 1 is 1.27 bits per heavy atom. The number of benzene rings is 1. The molecule has 2 aromatic rings. The van der Waals surface area contributed by atoms with Crippen LogP contribution in [0.15, 0.2) is 36.2 Å². The molecule has 0 N–H and O–H groups in total. The Balaban J connectivity index is 1.97. The summed E-state index contributed by atoms with van der Waals surface area (Å²) in [6.45, 7) is 4.74. The van der Waals surface area contributed by atoms with Gasteiger partial charge in [-0.1, -0.05) is 12.6 Å². The standard InChI is InChI=1S/C17H17NO3S/c1-11-13-10-15(21-3)14(20-2)9-12(13)6-7-18(11)17(19)16-5-4-8-22-16/h4-5,8-10H,1,6-7H2,2-3H3. The lowest BCUT2D eigenvalue weighted by Crippen LogP contribution is -2.34. The lowest BCUT2D eigenvalue weighted by Gasteiger charge is -2.31. The van der Waals surface area contributed by atoms with Gasteiger partial charge in [-0.15, -0.1) is 11.3 Å². The van der Waals surface area contributed by atoms with Gasteiger partial charge in [0.1, 0.15) is 0 Å². The highest BCUT2D eigenvalue weighted by molar-refractivity contribution is 7.12. The zero-order chi connectivity index (χ0) is 15.7. The topological polar surface area (TPSA) is 38.8 Å². The first kappa shape index (κ1) is 14.7. The van der Waals surface area contributed by atoms with Crippen LogP contribution in [0.25, 0.3) is 5.70 Å². The minimum Gasteiger partial charge on any atom is -0.493 e. The minimum absolute atomic E-state index is 0.000403. The zero-order valence-electron chi connectivity index (χ0n) is 12.6. The molecule has 1 aliphatic rings. The van der Waals surface area contributed by atoms with E-state index in [9.17, 15) is 4.79 Å². The molecule has 0 unspecified atom stereocenters. The van der Waals surface area contributed by atoms with E-state index in [1.807, 2.05) is 29.6 Å². The summed E-state index contributed by atoms with van der Waals surface area (Å²) in [6.07, 6.45) is 0.770. The molecular formula is C17H17NO3S. The average molecular weight is 315 g/mol. The number of carbonyl (C=O) groups excluding carboxylic acids is 1. The lowest BCUT2D eigenvalue weighted by molar-refractivity contribution is 0.0838. The molecule has 0 saturated carbocycles. The van der Waals surface area contributed by atoms with Crippen LogP contribution in [0.3, 0.4) is 0 Å². The number of hydrogen-bond donors (Lipinski definition) is 0. The number of hydrogen-bond acceptors (Lipinski definition) is 4. The van der Waals surface area contributed by atoms with E-state index in [-0.39, 0.29) is 5.91 Å². The molecular weight excluding hydrogens is 298 g/mol. The van der Waals surface area contributed by atoms with Gasteiger partial charge in [0.25, 0.3) is 5.91 Å². The van der Waals surface area contributed by atoms with E-state index in [0.29, 0.717) is 23.7 Å². The van der Waals surface area contributed by atoms with Gasteiger partial charge in [0.15, 0.2) is 11.5 Å². The average Bonchev–Trinajstić information content (AvgIpc) is 3.08. The number of nitrogens with zero attached hydrogens (tertiary/aromatic N) is 1. The fourth-order valence-corrected chi connectivity index (χ4v) is 3.34. The van der Waals surface area contributed by atoms with Crippen LogP contribution in [0, 0.1) is 0 Å². The smallest absolute Gasteiger partial charge is 0.268 e. The molecule has 0 atom stereocenters. The predicted octanol–water partition coefficient (Wildman–Crippen LogP) is 3.43. The molecule has 4 nitrogen and oxygen atoms in total. The number of carbonyl (C=O) groups is 1. The van der Waals surface area contributed by atoms with Gasteiger partial charge in [-0.05, 0) is 35.6 Å². The molecule has 22 heavy (non-hydrogen) atoms. The third-order valence-corrected chi connectivity index (χ3v) is 4.69. The quantitative estimate of drug-likeness (QED) is 0.871. The Morgan fingerprint density at radius 3 is 2.64 bits per heavy atom. The highest BCUT2D eigenvalue weighted by Crippen LogP contribution is 2.37. The number of amides is 1. The van der Waals surface area contributed by atoms with Crippen molar-refractivity contribution in [3.63, 3.8) is 0 Å². The lowest BCUT2D eigenvalue weighted by atomic mass is 9.96. The van der Waals surface area contributed by atoms with Crippen LogP contribution in [0.1, 0.15) is 20.8 Å². The predicted molar refractivity (Wildman–Crippen MR) is 87.6 cm³/mol. The van der Waals surface area contributed by atoms with Crippen LogP contribution in [-0.4, -0.2) is 31.6 Å². The molecule has 0 bridgehead atoms. The molecule has 1 aromatic heterocycles. The zero-order valence-corrected chi connectivity index (χ0v) is 13.4. The van der Waals surface area contributed by atoms with Crippen molar-refractivity contribution in [3.8, 4) is 11.5 Å².